The van der Waals surface area contributed by atoms with E-state index in [0.717, 1.165) is 50.1 Å². The Morgan fingerprint density at radius 1 is 0.973 bits per heavy atom. The second-order valence-corrected chi connectivity index (χ2v) is 11.1. The monoisotopic (exact) mass is 541 g/mol. The van der Waals surface area contributed by atoms with Gasteiger partial charge in [-0.05, 0) is 66.6 Å². The first-order valence-electron chi connectivity index (χ1n) is 12.2. The van der Waals surface area contributed by atoms with Crippen LogP contribution in [-0.2, 0) is 15.8 Å². The molecule has 37 heavy (non-hydrogen) atoms. The van der Waals surface area contributed by atoms with Gasteiger partial charge in [0.15, 0.2) is 0 Å². The lowest BCUT2D eigenvalue weighted by Crippen LogP contribution is -2.46. The van der Waals surface area contributed by atoms with E-state index in [-0.39, 0.29) is 0 Å². The molecule has 2 aromatic heterocycles. The fourth-order valence-corrected chi connectivity index (χ4v) is 5.78. The molecule has 4 aromatic rings. The first kappa shape index (κ1) is 25.9. The summed E-state index contributed by atoms with van der Waals surface area (Å²) in [6.45, 7) is 4.97. The van der Waals surface area contributed by atoms with E-state index in [2.05, 4.69) is 44.0 Å². The molecule has 2 aromatic carbocycles. The number of aromatic nitrogens is 1. The maximum absolute atomic E-state index is 12.2. The van der Waals surface area contributed by atoms with E-state index >= 15 is 0 Å². The first-order chi connectivity index (χ1) is 17.9. The number of benzene rings is 2. The number of anilines is 1. The van der Waals surface area contributed by atoms with Gasteiger partial charge in [0, 0.05) is 54.1 Å². The topological polar surface area (TPSA) is 110 Å². The number of ether oxygens (including phenoxy) is 1. The highest BCUT2D eigenvalue weighted by molar-refractivity contribution is 7.43. The average Bonchev–Trinajstić information content (AvgIpc) is 3.37. The molecule has 0 aliphatic carbocycles. The van der Waals surface area contributed by atoms with Crippen LogP contribution < -0.4 is 25.0 Å². The fraction of sp³-hybridized carbons (Fsp3) is 0.346. The van der Waals surface area contributed by atoms with Crippen molar-refractivity contribution >= 4 is 45.8 Å². The normalized spacial score (nSPS) is 15.0. The van der Waals surface area contributed by atoms with Crippen LogP contribution in [-0.4, -0.2) is 48.8 Å². The van der Waals surface area contributed by atoms with Crippen molar-refractivity contribution in [3.05, 3.63) is 70.3 Å². The third-order valence-electron chi connectivity index (χ3n) is 6.63. The molecule has 1 fully saturated rings. The molecule has 0 radical (unpaired) electrons. The molecule has 0 saturated carbocycles. The Morgan fingerprint density at radius 3 is 2.59 bits per heavy atom. The lowest BCUT2D eigenvalue weighted by Gasteiger charge is -2.36. The van der Waals surface area contributed by atoms with Crippen LogP contribution in [0.25, 0.3) is 21.0 Å². The summed E-state index contributed by atoms with van der Waals surface area (Å²) in [5, 5.41) is 4.20. The molecule has 5 rings (SSSR count). The summed E-state index contributed by atoms with van der Waals surface area (Å²) in [4.78, 5) is 38.9. The zero-order valence-electron chi connectivity index (χ0n) is 20.3. The summed E-state index contributed by atoms with van der Waals surface area (Å²) in [7, 11) is -5.20. The van der Waals surface area contributed by atoms with Gasteiger partial charge in [-0.25, -0.2) is 0 Å². The maximum atomic E-state index is 12.2. The Morgan fingerprint density at radius 2 is 1.78 bits per heavy atom. The number of nitrogens with zero attached hydrogens (tertiary/aromatic N) is 3. The van der Waals surface area contributed by atoms with Crippen molar-refractivity contribution in [2.24, 2.45) is 0 Å². The van der Waals surface area contributed by atoms with E-state index < -0.39 is 20.1 Å². The van der Waals surface area contributed by atoms with Gasteiger partial charge in [-0.3, -0.25) is 14.3 Å². The molecular weight excluding hydrogens is 513 g/mol. The molecule has 0 N–H and O–H groups in total. The molecular formula is C26H28N3O6PS-2. The van der Waals surface area contributed by atoms with Crippen LogP contribution in [0, 0.1) is 0 Å². The predicted molar refractivity (Wildman–Crippen MR) is 142 cm³/mol. The standard InChI is InChI=1S/C26H30N3O6PS/c30-26-9-7-20-6-8-21(18-24(20)29(26)19-35-36(31,32)33)34-16-2-1-11-27-12-14-28(15-13-27)23-4-3-5-25-22(23)10-17-37-25/h3-10,17-18H,1-2,11-16,19H2,(H2,31,32,33)/p-2. The molecule has 1 aliphatic rings. The SMILES string of the molecule is O=c1ccc2ccc(OCCCCN3CCN(c4cccc5sccc45)CC3)cc2n1COP(=O)([O-])[O-]. The van der Waals surface area contributed by atoms with E-state index in [4.69, 9.17) is 4.74 Å². The van der Waals surface area contributed by atoms with Gasteiger partial charge in [0.1, 0.15) is 12.5 Å². The number of pyridine rings is 1. The van der Waals surface area contributed by atoms with Crippen LogP contribution in [0.4, 0.5) is 5.69 Å². The molecule has 0 amide bonds. The fourth-order valence-electron chi connectivity index (χ4n) is 4.71. The van der Waals surface area contributed by atoms with Gasteiger partial charge in [0.25, 0.3) is 5.56 Å². The molecule has 11 heteroatoms. The Labute approximate surface area is 218 Å². The van der Waals surface area contributed by atoms with E-state index in [1.807, 2.05) is 0 Å². The third kappa shape index (κ3) is 6.41. The molecule has 0 unspecified atom stereocenters. The smallest absolute Gasteiger partial charge is 0.252 e. The van der Waals surface area contributed by atoms with E-state index in [1.165, 1.54) is 21.8 Å². The van der Waals surface area contributed by atoms with Crippen LogP contribution in [0.15, 0.2) is 64.8 Å². The van der Waals surface area contributed by atoms with Gasteiger partial charge in [-0.1, -0.05) is 6.07 Å². The van der Waals surface area contributed by atoms with Gasteiger partial charge in [-0.2, -0.15) is 0 Å². The lowest BCUT2D eigenvalue weighted by molar-refractivity contribution is -0.344. The van der Waals surface area contributed by atoms with Gasteiger partial charge in [0.2, 0.25) is 0 Å². The molecule has 0 atom stereocenters. The van der Waals surface area contributed by atoms with E-state index in [0.29, 0.717) is 23.3 Å². The molecule has 196 valence electrons. The van der Waals surface area contributed by atoms with Crippen LogP contribution in [0.5, 0.6) is 5.75 Å². The van der Waals surface area contributed by atoms with Crippen molar-refractivity contribution in [2.75, 3.05) is 44.2 Å². The highest BCUT2D eigenvalue weighted by Crippen LogP contribution is 2.31. The summed E-state index contributed by atoms with van der Waals surface area (Å²) in [5.41, 5.74) is 1.30. The second-order valence-electron chi connectivity index (χ2n) is 9.02. The second kappa shape index (κ2) is 11.3. The average molecular weight is 542 g/mol. The van der Waals surface area contributed by atoms with Crippen LogP contribution in [0.3, 0.4) is 0 Å². The summed E-state index contributed by atoms with van der Waals surface area (Å²) in [6, 6.07) is 16.9. The minimum Gasteiger partial charge on any atom is -0.790 e. The highest BCUT2D eigenvalue weighted by Gasteiger charge is 2.18. The molecule has 1 saturated heterocycles. The molecule has 0 bridgehead atoms. The van der Waals surface area contributed by atoms with Crippen molar-refractivity contribution < 1.29 is 23.6 Å². The highest BCUT2D eigenvalue weighted by atomic mass is 32.1. The van der Waals surface area contributed by atoms with Crippen molar-refractivity contribution in [1.29, 1.82) is 0 Å². The van der Waals surface area contributed by atoms with Gasteiger partial charge in [0.05, 0.1) is 19.9 Å². The third-order valence-corrected chi connectivity index (χ3v) is 7.95. The number of phosphoric ester groups is 1. The number of unbranched alkanes of at least 4 members (excludes halogenated alkanes) is 1. The van der Waals surface area contributed by atoms with E-state index in [1.54, 1.807) is 35.6 Å². The lowest BCUT2D eigenvalue weighted by atomic mass is 10.2. The number of piperazine rings is 1. The molecule has 3 heterocycles. The quantitative estimate of drug-likeness (QED) is 0.223. The van der Waals surface area contributed by atoms with Gasteiger partial charge >= 0.3 is 0 Å². The number of hydrogen-bond acceptors (Lipinski definition) is 9. The van der Waals surface area contributed by atoms with Gasteiger partial charge < -0.3 is 28.5 Å². The number of rotatable bonds is 10. The maximum Gasteiger partial charge on any atom is 0.252 e. The van der Waals surface area contributed by atoms with Crippen molar-refractivity contribution in [1.82, 2.24) is 9.47 Å². The minimum atomic E-state index is -5.20. The van der Waals surface area contributed by atoms with Crippen molar-refractivity contribution in [3.63, 3.8) is 0 Å². The first-order valence-corrected chi connectivity index (χ1v) is 14.6. The predicted octanol–water partition coefficient (Wildman–Crippen LogP) is 3.00. The summed E-state index contributed by atoms with van der Waals surface area (Å²) < 4.78 is 23.5. The summed E-state index contributed by atoms with van der Waals surface area (Å²) in [5.74, 6) is 0.565. The van der Waals surface area contributed by atoms with Gasteiger partial charge in [-0.15, -0.1) is 11.3 Å². The zero-order valence-corrected chi connectivity index (χ0v) is 22.0. The number of thiophene rings is 1. The van der Waals surface area contributed by atoms with Crippen molar-refractivity contribution in [3.8, 4) is 5.75 Å². The molecule has 1 aliphatic heterocycles. The molecule has 9 nitrogen and oxygen atoms in total. The summed E-state index contributed by atoms with van der Waals surface area (Å²) >= 11 is 1.78. The van der Waals surface area contributed by atoms with Crippen molar-refractivity contribution in [2.45, 2.75) is 19.6 Å². The van der Waals surface area contributed by atoms with Crippen LogP contribution in [0.2, 0.25) is 0 Å². The summed E-state index contributed by atoms with van der Waals surface area (Å²) in [6.07, 6.45) is 1.89. The Bertz CT molecular complexity index is 1470. The van der Waals surface area contributed by atoms with Crippen LogP contribution in [0.1, 0.15) is 12.8 Å². The Balaban J connectivity index is 1.09. The van der Waals surface area contributed by atoms with E-state index in [9.17, 15) is 19.1 Å². The number of phosphoric acid groups is 1. The Hall–Kier alpha value is -2.72. The number of fused-ring (bicyclic) bond motifs is 2. The largest absolute Gasteiger partial charge is 0.790 e. The zero-order chi connectivity index (χ0) is 25.8. The van der Waals surface area contributed by atoms with Crippen LogP contribution >= 0.6 is 19.2 Å². The Kier molecular flexibility index (Phi) is 7.95. The minimum absolute atomic E-state index is 0.439. The molecule has 0 spiro atoms. The number of hydrogen-bond donors (Lipinski definition) is 0.